The number of nitrogens with zero attached hydrogens (tertiary/aromatic N) is 2. The van der Waals surface area contributed by atoms with E-state index in [4.69, 9.17) is 11.5 Å². The van der Waals surface area contributed by atoms with Crippen LogP contribution in [0.3, 0.4) is 0 Å². The lowest BCUT2D eigenvalue weighted by Gasteiger charge is -2.25. The van der Waals surface area contributed by atoms with Crippen LogP contribution in [0.15, 0.2) is 24.4 Å². The average Bonchev–Trinajstić information content (AvgIpc) is 2.61. The van der Waals surface area contributed by atoms with Gasteiger partial charge in [-0.15, -0.1) is 0 Å². The van der Waals surface area contributed by atoms with Gasteiger partial charge in [-0.3, -0.25) is 9.59 Å². The zero-order valence-corrected chi connectivity index (χ0v) is 14.0. The van der Waals surface area contributed by atoms with Gasteiger partial charge in [0.1, 0.15) is 0 Å². The number of anilines is 1. The quantitative estimate of drug-likeness (QED) is 0.601. The van der Waals surface area contributed by atoms with Crippen molar-refractivity contribution in [3.05, 3.63) is 41.2 Å². The number of aliphatic hydroxyl groups is 1. The van der Waals surface area contributed by atoms with E-state index < -0.39 is 29.4 Å². The van der Waals surface area contributed by atoms with Crippen molar-refractivity contribution in [3.63, 3.8) is 0 Å². The number of carbonyl (C=O) groups excluding carboxylic acids is 2. The van der Waals surface area contributed by atoms with E-state index in [2.05, 4.69) is 15.3 Å². The average molecular weight is 365 g/mol. The molecular formula is C16H17F2N5O3. The molecule has 0 spiro atoms. The van der Waals surface area contributed by atoms with E-state index in [1.165, 1.54) is 25.4 Å². The highest BCUT2D eigenvalue weighted by atomic mass is 19.3. The molecule has 0 aliphatic heterocycles. The molecule has 1 aromatic carbocycles. The maximum atomic E-state index is 13.3. The number of benzene rings is 1. The smallest absolute Gasteiger partial charge is 0.280 e. The summed E-state index contributed by atoms with van der Waals surface area (Å²) in [4.78, 5) is 31.2. The fraction of sp³-hybridized carbons (Fsp3) is 0.250. The molecule has 6 N–H and O–H groups in total. The molecule has 2 rings (SSSR count). The van der Waals surface area contributed by atoms with Gasteiger partial charge in [0.15, 0.2) is 11.5 Å². The van der Waals surface area contributed by atoms with Crippen LogP contribution >= 0.6 is 0 Å². The standard InChI is InChI=1S/C16H17F2N5O3/c1-7-3-4-8(16(26,14(17)18)15(20)25)5-9(7)10-6-22-12(19)11(23-10)13(24)21-2/h3-6,14,26H,1-2H3,(H2,19,22)(H2,20,25)(H,21,24). The van der Waals surface area contributed by atoms with Crippen LogP contribution in [-0.2, 0) is 10.4 Å². The van der Waals surface area contributed by atoms with Crippen LogP contribution in [0.25, 0.3) is 11.3 Å². The normalized spacial score (nSPS) is 13.3. The van der Waals surface area contributed by atoms with Gasteiger partial charge in [-0.25, -0.2) is 18.7 Å². The number of hydrogen-bond acceptors (Lipinski definition) is 6. The molecule has 1 atom stereocenters. The van der Waals surface area contributed by atoms with E-state index in [9.17, 15) is 23.5 Å². The number of nitrogens with one attached hydrogen (secondary N) is 1. The first kappa shape index (κ1) is 19.2. The molecule has 0 radical (unpaired) electrons. The first-order valence-corrected chi connectivity index (χ1v) is 7.39. The van der Waals surface area contributed by atoms with Gasteiger partial charge in [-0.05, 0) is 24.1 Å². The zero-order valence-electron chi connectivity index (χ0n) is 14.0. The fourth-order valence-corrected chi connectivity index (χ4v) is 2.32. The minimum atomic E-state index is -3.44. The predicted octanol–water partition coefficient (Wildman–Crippen LogP) is 0.332. The SMILES string of the molecule is CNC(=O)c1nc(-c2cc(C(O)(C(N)=O)C(F)F)ccc2C)cnc1N. The van der Waals surface area contributed by atoms with Gasteiger partial charge in [-0.2, -0.15) is 0 Å². The Morgan fingerprint density at radius 2 is 2.00 bits per heavy atom. The van der Waals surface area contributed by atoms with Crippen LogP contribution in [0.2, 0.25) is 0 Å². The first-order valence-electron chi connectivity index (χ1n) is 7.39. The monoisotopic (exact) mass is 365 g/mol. The number of nitrogen functional groups attached to an aromatic ring is 1. The lowest BCUT2D eigenvalue weighted by Crippen LogP contribution is -2.47. The lowest BCUT2D eigenvalue weighted by atomic mass is 9.90. The van der Waals surface area contributed by atoms with Crippen molar-refractivity contribution < 1.29 is 23.5 Å². The van der Waals surface area contributed by atoms with Gasteiger partial charge in [0.05, 0.1) is 11.9 Å². The third-order valence-electron chi connectivity index (χ3n) is 3.89. The van der Waals surface area contributed by atoms with Crippen molar-refractivity contribution >= 4 is 17.6 Å². The maximum absolute atomic E-state index is 13.3. The number of alkyl halides is 2. The second-order valence-corrected chi connectivity index (χ2v) is 5.53. The van der Waals surface area contributed by atoms with Crippen molar-refractivity contribution in [2.45, 2.75) is 19.0 Å². The second kappa shape index (κ2) is 7.00. The zero-order chi connectivity index (χ0) is 19.6. The first-order chi connectivity index (χ1) is 12.1. The molecule has 8 nitrogen and oxygen atoms in total. The molecule has 138 valence electrons. The Labute approximate surface area is 147 Å². The van der Waals surface area contributed by atoms with E-state index in [-0.39, 0.29) is 22.8 Å². The lowest BCUT2D eigenvalue weighted by molar-refractivity contribution is -0.156. The fourth-order valence-electron chi connectivity index (χ4n) is 2.32. The third-order valence-corrected chi connectivity index (χ3v) is 3.89. The van der Waals surface area contributed by atoms with Crippen LogP contribution in [0.5, 0.6) is 0 Å². The summed E-state index contributed by atoms with van der Waals surface area (Å²) in [7, 11) is 1.39. The Bertz CT molecular complexity index is 875. The molecule has 26 heavy (non-hydrogen) atoms. The predicted molar refractivity (Wildman–Crippen MR) is 89.1 cm³/mol. The van der Waals surface area contributed by atoms with E-state index in [0.29, 0.717) is 5.56 Å². The Morgan fingerprint density at radius 1 is 1.35 bits per heavy atom. The molecule has 1 aromatic heterocycles. The molecule has 2 amide bonds. The molecule has 0 bridgehead atoms. The molecule has 1 unspecified atom stereocenters. The summed E-state index contributed by atoms with van der Waals surface area (Å²) in [5, 5.41) is 12.4. The summed E-state index contributed by atoms with van der Waals surface area (Å²) in [6.45, 7) is 1.66. The number of aromatic nitrogens is 2. The van der Waals surface area contributed by atoms with Crippen molar-refractivity contribution in [1.29, 1.82) is 0 Å². The van der Waals surface area contributed by atoms with E-state index in [1.54, 1.807) is 6.92 Å². The minimum absolute atomic E-state index is 0.108. The molecule has 0 saturated heterocycles. The van der Waals surface area contributed by atoms with Crippen LogP contribution in [0, 0.1) is 6.92 Å². The Balaban J connectivity index is 2.66. The molecule has 0 aliphatic rings. The molecule has 0 saturated carbocycles. The molecule has 2 aromatic rings. The minimum Gasteiger partial charge on any atom is -0.382 e. The Kier molecular flexibility index (Phi) is 5.17. The number of nitrogens with two attached hydrogens (primary N) is 2. The maximum Gasteiger partial charge on any atom is 0.280 e. The summed E-state index contributed by atoms with van der Waals surface area (Å²) in [5.74, 6) is -2.27. The van der Waals surface area contributed by atoms with Crippen LogP contribution in [-0.4, -0.2) is 40.4 Å². The third kappa shape index (κ3) is 3.18. The molecule has 10 heteroatoms. The van der Waals surface area contributed by atoms with E-state index >= 15 is 0 Å². The van der Waals surface area contributed by atoms with Crippen molar-refractivity contribution in [2.75, 3.05) is 12.8 Å². The summed E-state index contributed by atoms with van der Waals surface area (Å²) < 4.78 is 26.6. The highest BCUT2D eigenvalue weighted by Gasteiger charge is 2.46. The largest absolute Gasteiger partial charge is 0.382 e. The van der Waals surface area contributed by atoms with Crippen LogP contribution in [0.4, 0.5) is 14.6 Å². The number of aryl methyl sites for hydroxylation is 1. The molecule has 1 heterocycles. The summed E-state index contributed by atoms with van der Waals surface area (Å²) >= 11 is 0. The van der Waals surface area contributed by atoms with E-state index in [1.807, 2.05) is 0 Å². The molecular weight excluding hydrogens is 348 g/mol. The highest BCUT2D eigenvalue weighted by molar-refractivity contribution is 5.96. The number of carbonyl (C=O) groups is 2. The topological polar surface area (TPSA) is 144 Å². The molecule has 0 fully saturated rings. The van der Waals surface area contributed by atoms with Crippen LogP contribution < -0.4 is 16.8 Å². The number of halogens is 2. The number of amides is 2. The Hall–Kier alpha value is -3.14. The Morgan fingerprint density at radius 3 is 2.54 bits per heavy atom. The van der Waals surface area contributed by atoms with Gasteiger partial charge < -0.3 is 21.9 Å². The van der Waals surface area contributed by atoms with Gasteiger partial charge >= 0.3 is 0 Å². The summed E-state index contributed by atoms with van der Waals surface area (Å²) in [6, 6.07) is 3.73. The van der Waals surface area contributed by atoms with Crippen molar-refractivity contribution in [3.8, 4) is 11.3 Å². The van der Waals surface area contributed by atoms with Crippen molar-refractivity contribution in [1.82, 2.24) is 15.3 Å². The summed E-state index contributed by atoms with van der Waals surface area (Å²) in [5.41, 5.74) is 7.90. The second-order valence-electron chi connectivity index (χ2n) is 5.53. The van der Waals surface area contributed by atoms with Gasteiger partial charge in [-0.1, -0.05) is 12.1 Å². The van der Waals surface area contributed by atoms with E-state index in [0.717, 1.165) is 6.07 Å². The van der Waals surface area contributed by atoms with Gasteiger partial charge in [0.25, 0.3) is 18.2 Å². The number of rotatable bonds is 5. The van der Waals surface area contributed by atoms with Crippen LogP contribution in [0.1, 0.15) is 21.6 Å². The number of hydrogen-bond donors (Lipinski definition) is 4. The highest BCUT2D eigenvalue weighted by Crippen LogP contribution is 2.32. The summed E-state index contributed by atoms with van der Waals surface area (Å²) in [6.07, 6.45) is -2.19. The van der Waals surface area contributed by atoms with Crippen molar-refractivity contribution in [2.24, 2.45) is 5.73 Å². The van der Waals surface area contributed by atoms with Gasteiger partial charge in [0.2, 0.25) is 5.60 Å². The number of primary amides is 1. The van der Waals surface area contributed by atoms with Gasteiger partial charge in [0, 0.05) is 12.6 Å². The molecule has 0 aliphatic carbocycles.